The van der Waals surface area contributed by atoms with Gasteiger partial charge >= 0.3 is 0 Å². The number of hydrogen-bond donors (Lipinski definition) is 1. The Kier molecular flexibility index (Phi) is 3.27. The Labute approximate surface area is 108 Å². The van der Waals surface area contributed by atoms with E-state index >= 15 is 0 Å². The minimum Gasteiger partial charge on any atom is -0.493 e. The van der Waals surface area contributed by atoms with E-state index in [2.05, 4.69) is 30.4 Å². The van der Waals surface area contributed by atoms with Gasteiger partial charge < -0.3 is 14.8 Å². The molecular weight excluding hydrogens is 226 g/mol. The van der Waals surface area contributed by atoms with Crippen LogP contribution in [0.15, 0.2) is 18.2 Å². The Morgan fingerprint density at radius 3 is 2.94 bits per heavy atom. The Bertz CT molecular complexity index is 433. The highest BCUT2D eigenvalue weighted by molar-refractivity contribution is 5.41. The molecule has 0 aromatic heterocycles. The number of fused-ring (bicyclic) bond motifs is 1. The van der Waals surface area contributed by atoms with Crippen molar-refractivity contribution in [2.45, 2.75) is 31.9 Å². The van der Waals surface area contributed by atoms with Crippen LogP contribution in [0.5, 0.6) is 5.75 Å². The van der Waals surface area contributed by atoms with E-state index < -0.39 is 0 Å². The fourth-order valence-electron chi connectivity index (χ4n) is 3.21. The first kappa shape index (κ1) is 12.0. The summed E-state index contributed by atoms with van der Waals surface area (Å²) >= 11 is 0. The molecule has 0 radical (unpaired) electrons. The van der Waals surface area contributed by atoms with Crippen LogP contribution in [-0.2, 0) is 11.2 Å². The van der Waals surface area contributed by atoms with Gasteiger partial charge in [0.05, 0.1) is 12.7 Å². The number of benzene rings is 1. The highest BCUT2D eigenvalue weighted by Crippen LogP contribution is 2.35. The molecule has 2 heterocycles. The number of nitrogens with one attached hydrogen (secondary N) is 1. The smallest absolute Gasteiger partial charge is 0.122 e. The van der Waals surface area contributed by atoms with Gasteiger partial charge in [-0.15, -0.1) is 0 Å². The molecule has 0 bridgehead atoms. The Hall–Kier alpha value is -1.06. The monoisotopic (exact) mass is 247 g/mol. The maximum atomic E-state index is 5.70. The van der Waals surface area contributed by atoms with Crippen LogP contribution in [0.4, 0.5) is 0 Å². The average molecular weight is 247 g/mol. The van der Waals surface area contributed by atoms with Crippen LogP contribution in [0.3, 0.4) is 0 Å². The topological polar surface area (TPSA) is 30.5 Å². The van der Waals surface area contributed by atoms with Crippen molar-refractivity contribution in [3.05, 3.63) is 29.3 Å². The van der Waals surface area contributed by atoms with Crippen molar-refractivity contribution < 1.29 is 9.47 Å². The van der Waals surface area contributed by atoms with Gasteiger partial charge in [0.2, 0.25) is 0 Å². The van der Waals surface area contributed by atoms with E-state index in [1.54, 1.807) is 0 Å². The van der Waals surface area contributed by atoms with Crippen molar-refractivity contribution in [2.75, 3.05) is 20.3 Å². The van der Waals surface area contributed by atoms with E-state index in [1.807, 2.05) is 7.05 Å². The molecule has 2 aliphatic heterocycles. The molecule has 3 heteroatoms. The summed E-state index contributed by atoms with van der Waals surface area (Å²) < 4.78 is 11.3. The molecule has 0 saturated carbocycles. The highest BCUT2D eigenvalue weighted by Gasteiger charge is 2.32. The molecule has 3 atom stereocenters. The third-order valence-electron chi connectivity index (χ3n) is 4.25. The first-order valence-electron chi connectivity index (χ1n) is 6.84. The molecule has 1 fully saturated rings. The fraction of sp³-hybridized carbons (Fsp3) is 0.600. The zero-order chi connectivity index (χ0) is 12.5. The molecule has 0 amide bonds. The normalized spacial score (nSPS) is 27.9. The van der Waals surface area contributed by atoms with Crippen LogP contribution in [0.2, 0.25) is 0 Å². The van der Waals surface area contributed by atoms with E-state index in [4.69, 9.17) is 9.47 Å². The van der Waals surface area contributed by atoms with Crippen molar-refractivity contribution in [2.24, 2.45) is 5.92 Å². The van der Waals surface area contributed by atoms with Gasteiger partial charge in [0.25, 0.3) is 0 Å². The maximum absolute atomic E-state index is 5.70. The second kappa shape index (κ2) is 4.90. The molecule has 1 aromatic rings. The summed E-state index contributed by atoms with van der Waals surface area (Å²) in [4.78, 5) is 0. The van der Waals surface area contributed by atoms with Gasteiger partial charge in [0.15, 0.2) is 0 Å². The molecule has 18 heavy (non-hydrogen) atoms. The highest BCUT2D eigenvalue weighted by atomic mass is 16.5. The van der Waals surface area contributed by atoms with E-state index in [0.717, 1.165) is 31.8 Å². The fourth-order valence-corrected chi connectivity index (χ4v) is 3.21. The lowest BCUT2D eigenvalue weighted by Crippen LogP contribution is -2.29. The second-order valence-corrected chi connectivity index (χ2v) is 5.26. The summed E-state index contributed by atoms with van der Waals surface area (Å²) in [6, 6.07) is 6.99. The third-order valence-corrected chi connectivity index (χ3v) is 4.25. The lowest BCUT2D eigenvalue weighted by molar-refractivity contribution is 0.0963. The van der Waals surface area contributed by atoms with Crippen LogP contribution in [0, 0.1) is 5.92 Å². The van der Waals surface area contributed by atoms with Gasteiger partial charge in [0, 0.05) is 25.0 Å². The van der Waals surface area contributed by atoms with Gasteiger partial charge in [-0.25, -0.2) is 0 Å². The van der Waals surface area contributed by atoms with Gasteiger partial charge in [-0.1, -0.05) is 12.1 Å². The Balaban J connectivity index is 1.87. The largest absolute Gasteiger partial charge is 0.493 e. The van der Waals surface area contributed by atoms with Crippen LogP contribution in [-0.4, -0.2) is 26.4 Å². The average Bonchev–Trinajstić information content (AvgIpc) is 2.99. The standard InChI is InChI=1S/C15H21NO2/c1-10-13(6-8-17-10)15(16-2)12-3-4-14-11(9-12)5-7-18-14/h3-4,9-10,13,15-16H,5-8H2,1-2H3. The predicted octanol–water partition coefficient (Wildman–Crippen LogP) is 2.31. The molecule has 1 N–H and O–H groups in total. The first-order chi connectivity index (χ1) is 8.79. The summed E-state index contributed by atoms with van der Waals surface area (Å²) in [7, 11) is 2.04. The Morgan fingerprint density at radius 2 is 2.22 bits per heavy atom. The maximum Gasteiger partial charge on any atom is 0.122 e. The number of rotatable bonds is 3. The Morgan fingerprint density at radius 1 is 1.33 bits per heavy atom. The summed E-state index contributed by atoms with van der Waals surface area (Å²) in [5.74, 6) is 1.62. The molecule has 98 valence electrons. The first-order valence-corrected chi connectivity index (χ1v) is 6.84. The zero-order valence-electron chi connectivity index (χ0n) is 11.1. The van der Waals surface area contributed by atoms with Crippen LogP contribution in [0.25, 0.3) is 0 Å². The van der Waals surface area contributed by atoms with Crippen molar-refractivity contribution in [1.82, 2.24) is 5.32 Å². The zero-order valence-corrected chi connectivity index (χ0v) is 11.1. The van der Waals surface area contributed by atoms with Crippen molar-refractivity contribution in [1.29, 1.82) is 0 Å². The summed E-state index contributed by atoms with van der Waals surface area (Å²) in [5.41, 5.74) is 2.71. The van der Waals surface area contributed by atoms with Gasteiger partial charge in [-0.3, -0.25) is 0 Å². The lowest BCUT2D eigenvalue weighted by atomic mass is 9.87. The molecule has 3 unspecified atom stereocenters. The quantitative estimate of drug-likeness (QED) is 0.889. The molecule has 3 rings (SSSR count). The predicted molar refractivity (Wildman–Crippen MR) is 71.0 cm³/mol. The SMILES string of the molecule is CNC(c1ccc2c(c1)CCO2)C1CCOC1C. The van der Waals surface area contributed by atoms with Crippen LogP contribution >= 0.6 is 0 Å². The summed E-state index contributed by atoms with van der Waals surface area (Å²) in [6.45, 7) is 3.89. The molecule has 0 aliphatic carbocycles. The van der Waals surface area contributed by atoms with Crippen LogP contribution < -0.4 is 10.1 Å². The summed E-state index contributed by atoms with van der Waals surface area (Å²) in [6.07, 6.45) is 2.52. The van der Waals surface area contributed by atoms with Gasteiger partial charge in [-0.2, -0.15) is 0 Å². The van der Waals surface area contributed by atoms with Crippen molar-refractivity contribution >= 4 is 0 Å². The van der Waals surface area contributed by atoms with Crippen molar-refractivity contribution in [3.8, 4) is 5.75 Å². The molecule has 1 aromatic carbocycles. The third kappa shape index (κ3) is 2.02. The van der Waals surface area contributed by atoms with Gasteiger partial charge in [0.1, 0.15) is 5.75 Å². The van der Waals surface area contributed by atoms with E-state index in [1.165, 1.54) is 11.1 Å². The lowest BCUT2D eigenvalue weighted by Gasteiger charge is -2.26. The van der Waals surface area contributed by atoms with E-state index in [0.29, 0.717) is 18.1 Å². The van der Waals surface area contributed by atoms with Crippen LogP contribution in [0.1, 0.15) is 30.5 Å². The molecular formula is C15H21NO2. The molecule has 2 aliphatic rings. The van der Waals surface area contributed by atoms with Crippen molar-refractivity contribution in [3.63, 3.8) is 0 Å². The minimum atomic E-state index is 0.340. The second-order valence-electron chi connectivity index (χ2n) is 5.26. The molecule has 0 spiro atoms. The molecule has 1 saturated heterocycles. The van der Waals surface area contributed by atoms with E-state index in [-0.39, 0.29) is 0 Å². The summed E-state index contributed by atoms with van der Waals surface area (Å²) in [5, 5.41) is 3.46. The minimum absolute atomic E-state index is 0.340. The number of hydrogen-bond acceptors (Lipinski definition) is 3. The number of ether oxygens (including phenoxy) is 2. The van der Waals surface area contributed by atoms with E-state index in [9.17, 15) is 0 Å². The van der Waals surface area contributed by atoms with Gasteiger partial charge in [-0.05, 0) is 37.6 Å². The molecule has 3 nitrogen and oxygen atoms in total.